The monoisotopic (exact) mass is 455 g/mol. The molecule has 2 aromatic carbocycles. The number of esters is 1. The average Bonchev–Trinajstić information content (AvgIpc) is 3.25. The predicted octanol–water partition coefficient (Wildman–Crippen LogP) is 4.62. The largest absolute Gasteiger partial charge is 0.496 e. The van der Waals surface area contributed by atoms with E-state index in [0.29, 0.717) is 28.3 Å². The summed E-state index contributed by atoms with van der Waals surface area (Å²) in [5, 5.41) is 3.87. The number of pyridine rings is 1. The Labute approximate surface area is 197 Å². The van der Waals surface area contributed by atoms with Crippen LogP contribution in [-0.2, 0) is 22.2 Å². The second-order valence-electron chi connectivity index (χ2n) is 8.56. The number of methoxy groups -OCH3 is 1. The first-order valence-corrected chi connectivity index (χ1v) is 11.0. The Kier molecular flexibility index (Phi) is 4.93. The van der Waals surface area contributed by atoms with E-state index in [9.17, 15) is 9.59 Å². The van der Waals surface area contributed by atoms with Crippen molar-refractivity contribution in [3.63, 3.8) is 0 Å². The van der Waals surface area contributed by atoms with Crippen molar-refractivity contribution in [2.24, 2.45) is 7.05 Å². The molecule has 7 nitrogen and oxygen atoms in total. The van der Waals surface area contributed by atoms with Gasteiger partial charge >= 0.3 is 5.97 Å². The standard InChI is InChI=1S/C27H25N3O4/c1-15-13-21(29-17(3)31)20(14-23(15)33-5)27(25-19(26(32)34-27)10-8-12-28-25)24-16(2)30(4)22-11-7-6-9-18(22)24/h6-14H,1-5H3,(H,29,31). The van der Waals surface area contributed by atoms with Gasteiger partial charge in [0.15, 0.2) is 0 Å². The number of ether oxygens (including phenoxy) is 2. The highest BCUT2D eigenvalue weighted by Gasteiger charge is 2.53. The van der Waals surface area contributed by atoms with Crippen molar-refractivity contribution in [1.82, 2.24) is 9.55 Å². The highest BCUT2D eigenvalue weighted by molar-refractivity contribution is 5.99. The van der Waals surface area contributed by atoms with Crippen molar-refractivity contribution < 1.29 is 19.1 Å². The molecule has 5 rings (SSSR count). The van der Waals surface area contributed by atoms with Crippen LogP contribution in [0.4, 0.5) is 5.69 Å². The summed E-state index contributed by atoms with van der Waals surface area (Å²) < 4.78 is 14.1. The number of hydrogen-bond acceptors (Lipinski definition) is 5. The van der Waals surface area contributed by atoms with E-state index in [1.165, 1.54) is 6.92 Å². The Morgan fingerprint density at radius 1 is 1.15 bits per heavy atom. The number of aromatic nitrogens is 2. The van der Waals surface area contributed by atoms with Crippen LogP contribution in [0.2, 0.25) is 0 Å². The molecule has 7 heteroatoms. The lowest BCUT2D eigenvalue weighted by molar-refractivity contribution is -0.114. The summed E-state index contributed by atoms with van der Waals surface area (Å²) in [6.07, 6.45) is 1.65. The van der Waals surface area contributed by atoms with Crippen molar-refractivity contribution in [3.05, 3.63) is 88.4 Å². The summed E-state index contributed by atoms with van der Waals surface area (Å²) in [7, 11) is 3.57. The second-order valence-corrected chi connectivity index (χ2v) is 8.56. The van der Waals surface area contributed by atoms with Gasteiger partial charge in [-0.1, -0.05) is 18.2 Å². The smallest absolute Gasteiger partial charge is 0.341 e. The van der Waals surface area contributed by atoms with Crippen LogP contribution in [-0.4, -0.2) is 28.5 Å². The van der Waals surface area contributed by atoms with E-state index < -0.39 is 11.6 Å². The number of aryl methyl sites for hydroxylation is 2. The molecule has 1 amide bonds. The van der Waals surface area contributed by atoms with Gasteiger partial charge in [-0.15, -0.1) is 0 Å². The number of fused-ring (bicyclic) bond motifs is 2. The molecule has 2 aromatic heterocycles. The molecule has 172 valence electrons. The zero-order valence-electron chi connectivity index (χ0n) is 19.7. The molecule has 0 fully saturated rings. The molecular weight excluding hydrogens is 430 g/mol. The summed E-state index contributed by atoms with van der Waals surface area (Å²) in [6, 6.07) is 15.1. The number of para-hydroxylation sites is 1. The topological polar surface area (TPSA) is 82.4 Å². The maximum Gasteiger partial charge on any atom is 0.341 e. The Hall–Kier alpha value is -4.13. The molecule has 3 heterocycles. The first-order chi connectivity index (χ1) is 16.3. The van der Waals surface area contributed by atoms with Gasteiger partial charge < -0.3 is 19.4 Å². The Balaban J connectivity index is 1.98. The molecule has 0 saturated heterocycles. The van der Waals surface area contributed by atoms with Crippen LogP contribution in [0.15, 0.2) is 54.7 Å². The van der Waals surface area contributed by atoms with Crippen LogP contribution in [0.1, 0.15) is 45.4 Å². The molecule has 0 spiro atoms. The van der Waals surface area contributed by atoms with Gasteiger partial charge in [-0.2, -0.15) is 0 Å². The van der Waals surface area contributed by atoms with Gasteiger partial charge in [0.2, 0.25) is 11.5 Å². The van der Waals surface area contributed by atoms with Crippen molar-refractivity contribution in [3.8, 4) is 5.75 Å². The zero-order chi connectivity index (χ0) is 24.2. The lowest BCUT2D eigenvalue weighted by Crippen LogP contribution is -2.33. The van der Waals surface area contributed by atoms with Crippen molar-refractivity contribution in [2.45, 2.75) is 26.4 Å². The number of benzene rings is 2. The second kappa shape index (κ2) is 7.73. The minimum atomic E-state index is -1.39. The molecule has 1 atom stereocenters. The molecule has 4 aromatic rings. The van der Waals surface area contributed by atoms with E-state index in [1.807, 2.05) is 57.3 Å². The van der Waals surface area contributed by atoms with E-state index in [2.05, 4.69) is 14.9 Å². The number of rotatable bonds is 4. The summed E-state index contributed by atoms with van der Waals surface area (Å²) in [5.41, 5.74) is 4.15. The van der Waals surface area contributed by atoms with Gasteiger partial charge in [-0.3, -0.25) is 9.78 Å². The lowest BCUT2D eigenvalue weighted by atomic mass is 9.79. The summed E-state index contributed by atoms with van der Waals surface area (Å²) >= 11 is 0. The number of anilines is 1. The molecule has 1 N–H and O–H groups in total. The number of amides is 1. The highest BCUT2D eigenvalue weighted by Crippen LogP contribution is 2.52. The fourth-order valence-electron chi connectivity index (χ4n) is 5.04. The van der Waals surface area contributed by atoms with Crippen LogP contribution in [0.25, 0.3) is 10.9 Å². The van der Waals surface area contributed by atoms with Gasteiger partial charge in [-0.25, -0.2) is 4.79 Å². The molecule has 34 heavy (non-hydrogen) atoms. The van der Waals surface area contributed by atoms with E-state index in [1.54, 1.807) is 25.4 Å². The minimum absolute atomic E-state index is 0.235. The molecule has 1 unspecified atom stereocenters. The van der Waals surface area contributed by atoms with Crippen LogP contribution in [0.5, 0.6) is 5.75 Å². The number of carbonyl (C=O) groups excluding carboxylic acids is 2. The highest BCUT2D eigenvalue weighted by atomic mass is 16.6. The van der Waals surface area contributed by atoms with E-state index in [4.69, 9.17) is 9.47 Å². The van der Waals surface area contributed by atoms with Gasteiger partial charge in [0.1, 0.15) is 11.4 Å². The zero-order valence-corrected chi connectivity index (χ0v) is 19.7. The number of nitrogens with one attached hydrogen (secondary N) is 1. The molecule has 0 bridgehead atoms. The molecule has 0 aliphatic carbocycles. The number of carbonyl (C=O) groups is 2. The first-order valence-electron chi connectivity index (χ1n) is 11.0. The minimum Gasteiger partial charge on any atom is -0.496 e. The normalized spacial score (nSPS) is 16.9. The quantitative estimate of drug-likeness (QED) is 0.454. The lowest BCUT2D eigenvalue weighted by Gasteiger charge is -2.32. The van der Waals surface area contributed by atoms with Gasteiger partial charge in [0, 0.05) is 53.6 Å². The van der Waals surface area contributed by atoms with E-state index in [0.717, 1.165) is 27.7 Å². The van der Waals surface area contributed by atoms with E-state index >= 15 is 0 Å². The SMILES string of the molecule is COc1cc(C2(c3c(C)n(C)c4ccccc34)OC(=O)c3cccnc32)c(NC(C)=O)cc1C. The Morgan fingerprint density at radius 2 is 1.91 bits per heavy atom. The van der Waals surface area contributed by atoms with Crippen molar-refractivity contribution >= 4 is 28.5 Å². The molecular formula is C27H25N3O4. The average molecular weight is 456 g/mol. The molecule has 0 saturated carbocycles. The summed E-state index contributed by atoms with van der Waals surface area (Å²) in [4.78, 5) is 30.1. The Morgan fingerprint density at radius 3 is 2.65 bits per heavy atom. The van der Waals surface area contributed by atoms with Crippen LogP contribution < -0.4 is 10.1 Å². The Bertz CT molecular complexity index is 1490. The molecule has 0 radical (unpaired) electrons. The predicted molar refractivity (Wildman–Crippen MR) is 129 cm³/mol. The first kappa shape index (κ1) is 21.7. The molecule has 1 aliphatic heterocycles. The van der Waals surface area contributed by atoms with Gasteiger partial charge in [0.25, 0.3) is 0 Å². The fourth-order valence-corrected chi connectivity index (χ4v) is 5.04. The van der Waals surface area contributed by atoms with Crippen LogP contribution in [0.3, 0.4) is 0 Å². The number of cyclic esters (lactones) is 1. The maximum atomic E-state index is 13.2. The van der Waals surface area contributed by atoms with E-state index in [-0.39, 0.29) is 5.91 Å². The molecule has 1 aliphatic rings. The van der Waals surface area contributed by atoms with Crippen LogP contribution in [0, 0.1) is 13.8 Å². The summed E-state index contributed by atoms with van der Waals surface area (Å²) in [5.74, 6) is -0.0910. The third-order valence-corrected chi connectivity index (χ3v) is 6.58. The fraction of sp³-hybridized carbons (Fsp3) is 0.222. The maximum absolute atomic E-state index is 13.2. The third kappa shape index (κ3) is 2.93. The number of nitrogens with zero attached hydrogens (tertiary/aromatic N) is 2. The summed E-state index contributed by atoms with van der Waals surface area (Å²) in [6.45, 7) is 5.35. The van der Waals surface area contributed by atoms with Crippen molar-refractivity contribution in [1.29, 1.82) is 0 Å². The van der Waals surface area contributed by atoms with Gasteiger partial charge in [-0.05, 0) is 49.7 Å². The van der Waals surface area contributed by atoms with Crippen molar-refractivity contribution in [2.75, 3.05) is 12.4 Å². The number of hydrogen-bond donors (Lipinski definition) is 1. The third-order valence-electron chi connectivity index (χ3n) is 6.58. The van der Waals surface area contributed by atoms with Crippen LogP contribution >= 0.6 is 0 Å². The van der Waals surface area contributed by atoms with Gasteiger partial charge in [0.05, 0.1) is 12.7 Å².